The van der Waals surface area contributed by atoms with E-state index in [9.17, 15) is 12.8 Å². The Morgan fingerprint density at radius 1 is 1.38 bits per heavy atom. The van der Waals surface area contributed by atoms with Crippen molar-refractivity contribution in [2.24, 2.45) is 5.41 Å². The second-order valence-electron chi connectivity index (χ2n) is 4.90. The molecule has 1 aromatic rings. The van der Waals surface area contributed by atoms with Crippen LogP contribution in [0.25, 0.3) is 0 Å². The lowest BCUT2D eigenvalue weighted by molar-refractivity contribution is 0.154. The van der Waals surface area contributed by atoms with E-state index in [-0.39, 0.29) is 23.7 Å². The molecule has 0 amide bonds. The van der Waals surface area contributed by atoms with Gasteiger partial charge in [-0.2, -0.15) is 5.26 Å². The van der Waals surface area contributed by atoms with E-state index >= 15 is 0 Å². The molecule has 0 unspecified atom stereocenters. The summed E-state index contributed by atoms with van der Waals surface area (Å²) in [5.41, 5.74) is -0.855. The third-order valence-corrected chi connectivity index (χ3v) is 4.88. The van der Waals surface area contributed by atoms with Gasteiger partial charge < -0.3 is 4.74 Å². The summed E-state index contributed by atoms with van der Waals surface area (Å²) in [5.74, 6) is -0.791. The van der Waals surface area contributed by atoms with Crippen LogP contribution in [0.2, 0.25) is 0 Å². The van der Waals surface area contributed by atoms with Crippen molar-refractivity contribution in [2.75, 3.05) is 12.4 Å². The monoisotopic (exact) mass is 333 g/mol. The Labute approximate surface area is 128 Å². The van der Waals surface area contributed by atoms with Gasteiger partial charge in [-0.05, 0) is 25.0 Å². The molecule has 0 saturated carbocycles. The van der Waals surface area contributed by atoms with Crippen molar-refractivity contribution in [2.45, 2.75) is 26.7 Å². The molecule has 0 radical (unpaired) electrons. The Hall–Kier alpha value is -1.32. The van der Waals surface area contributed by atoms with E-state index in [1.165, 1.54) is 18.2 Å². The normalized spacial score (nSPS) is 12.0. The number of rotatable bonds is 7. The highest BCUT2D eigenvalue weighted by Gasteiger charge is 2.33. The van der Waals surface area contributed by atoms with Crippen LogP contribution in [-0.4, -0.2) is 20.8 Å². The Morgan fingerprint density at radius 2 is 2.00 bits per heavy atom. The van der Waals surface area contributed by atoms with Crippen molar-refractivity contribution >= 4 is 19.7 Å². The van der Waals surface area contributed by atoms with Gasteiger partial charge in [0, 0.05) is 16.1 Å². The fourth-order valence-corrected chi connectivity index (χ4v) is 3.95. The third kappa shape index (κ3) is 4.87. The molecular formula is C14H17ClFNO3S. The average Bonchev–Trinajstić information content (AvgIpc) is 2.42. The average molecular weight is 334 g/mol. The molecule has 0 bridgehead atoms. The molecule has 1 rings (SSSR count). The van der Waals surface area contributed by atoms with E-state index in [0.717, 1.165) is 0 Å². The molecule has 0 spiro atoms. The molecule has 0 fully saturated rings. The fourth-order valence-electron chi connectivity index (χ4n) is 2.03. The van der Waals surface area contributed by atoms with Crippen LogP contribution in [0.1, 0.15) is 32.3 Å². The van der Waals surface area contributed by atoms with Crippen LogP contribution in [0.4, 0.5) is 4.39 Å². The van der Waals surface area contributed by atoms with Gasteiger partial charge in [-0.15, -0.1) is 0 Å². The SMILES string of the molecule is CCC(CC)(COc1cccc(F)c1C#N)CS(=O)(=O)Cl. The lowest BCUT2D eigenvalue weighted by Crippen LogP contribution is -2.34. The molecule has 0 atom stereocenters. The van der Waals surface area contributed by atoms with Gasteiger partial charge in [-0.3, -0.25) is 0 Å². The molecular weight excluding hydrogens is 317 g/mol. The molecule has 116 valence electrons. The molecule has 0 aliphatic carbocycles. The zero-order valence-corrected chi connectivity index (χ0v) is 13.5. The van der Waals surface area contributed by atoms with Crippen molar-refractivity contribution in [3.8, 4) is 11.8 Å². The summed E-state index contributed by atoms with van der Waals surface area (Å²) in [6.45, 7) is 3.72. The van der Waals surface area contributed by atoms with E-state index in [1.807, 2.05) is 13.8 Å². The number of hydrogen-bond acceptors (Lipinski definition) is 4. The van der Waals surface area contributed by atoms with Gasteiger partial charge in [0.2, 0.25) is 9.05 Å². The quantitative estimate of drug-likeness (QED) is 0.717. The van der Waals surface area contributed by atoms with Crippen LogP contribution >= 0.6 is 10.7 Å². The maximum Gasteiger partial charge on any atom is 0.233 e. The predicted molar refractivity (Wildman–Crippen MR) is 79.3 cm³/mol. The first-order chi connectivity index (χ1) is 9.77. The van der Waals surface area contributed by atoms with E-state index in [2.05, 4.69) is 0 Å². The van der Waals surface area contributed by atoms with Crippen LogP contribution in [0, 0.1) is 22.6 Å². The molecule has 4 nitrogen and oxygen atoms in total. The molecule has 0 aromatic heterocycles. The van der Waals surface area contributed by atoms with Crippen LogP contribution in [0.3, 0.4) is 0 Å². The van der Waals surface area contributed by atoms with Crippen LogP contribution in [0.5, 0.6) is 5.75 Å². The Morgan fingerprint density at radius 3 is 2.48 bits per heavy atom. The van der Waals surface area contributed by atoms with E-state index in [4.69, 9.17) is 20.7 Å². The second kappa shape index (κ2) is 7.10. The molecule has 0 saturated heterocycles. The summed E-state index contributed by atoms with van der Waals surface area (Å²) in [6.07, 6.45) is 1.07. The summed E-state index contributed by atoms with van der Waals surface area (Å²) < 4.78 is 41.7. The standard InChI is InChI=1S/C14H17ClFNO3S/c1-3-14(4-2,10-21(15,18)19)9-20-13-7-5-6-12(16)11(13)8-17/h5-7H,3-4,9-10H2,1-2H3. The van der Waals surface area contributed by atoms with Gasteiger partial charge in [0.1, 0.15) is 23.2 Å². The van der Waals surface area contributed by atoms with Gasteiger partial charge in [0.25, 0.3) is 0 Å². The Kier molecular flexibility index (Phi) is 5.99. The number of hydrogen-bond donors (Lipinski definition) is 0. The first kappa shape index (κ1) is 17.7. The van der Waals surface area contributed by atoms with Gasteiger partial charge in [0.05, 0.1) is 12.4 Å². The summed E-state index contributed by atoms with van der Waals surface area (Å²) in [4.78, 5) is 0. The highest BCUT2D eigenvalue weighted by atomic mass is 35.7. The van der Waals surface area contributed by atoms with Crippen LogP contribution in [0.15, 0.2) is 18.2 Å². The highest BCUT2D eigenvalue weighted by Crippen LogP contribution is 2.31. The van der Waals surface area contributed by atoms with E-state index in [1.54, 1.807) is 6.07 Å². The van der Waals surface area contributed by atoms with Gasteiger partial charge in [-0.1, -0.05) is 19.9 Å². The van der Waals surface area contributed by atoms with Gasteiger partial charge in [0.15, 0.2) is 0 Å². The minimum absolute atomic E-state index is 0.0457. The Bertz CT molecular complexity index is 636. The molecule has 21 heavy (non-hydrogen) atoms. The van der Waals surface area contributed by atoms with Crippen LogP contribution in [-0.2, 0) is 9.05 Å². The summed E-state index contributed by atoms with van der Waals surface area (Å²) in [5, 5.41) is 8.94. The lowest BCUT2D eigenvalue weighted by Gasteiger charge is -2.30. The zero-order valence-electron chi connectivity index (χ0n) is 11.9. The molecule has 0 N–H and O–H groups in total. The lowest BCUT2D eigenvalue weighted by atomic mass is 9.85. The number of ether oxygens (including phenoxy) is 1. The first-order valence-corrected chi connectivity index (χ1v) is 8.98. The van der Waals surface area contributed by atoms with Crippen molar-refractivity contribution in [1.82, 2.24) is 0 Å². The van der Waals surface area contributed by atoms with Crippen LogP contribution < -0.4 is 4.74 Å². The third-order valence-electron chi connectivity index (χ3n) is 3.60. The summed E-state index contributed by atoms with van der Waals surface area (Å²) in [7, 11) is 1.66. The molecule has 0 aliphatic rings. The maximum atomic E-state index is 13.5. The largest absolute Gasteiger partial charge is 0.491 e. The Balaban J connectivity index is 2.98. The molecule has 1 aromatic carbocycles. The van der Waals surface area contributed by atoms with Crippen molar-refractivity contribution in [3.05, 3.63) is 29.6 Å². The highest BCUT2D eigenvalue weighted by molar-refractivity contribution is 8.13. The maximum absolute atomic E-state index is 13.5. The van der Waals surface area contributed by atoms with Gasteiger partial charge >= 0.3 is 0 Å². The minimum atomic E-state index is -3.68. The van der Waals surface area contributed by atoms with E-state index < -0.39 is 20.3 Å². The van der Waals surface area contributed by atoms with E-state index in [0.29, 0.717) is 12.8 Å². The second-order valence-corrected chi connectivity index (χ2v) is 7.68. The van der Waals surface area contributed by atoms with Crippen molar-refractivity contribution < 1.29 is 17.5 Å². The number of nitrogens with zero attached hydrogens (tertiary/aromatic N) is 1. The number of halogens is 2. The predicted octanol–water partition coefficient (Wildman–Crippen LogP) is 3.45. The summed E-state index contributed by atoms with van der Waals surface area (Å²) in [6, 6.07) is 5.82. The van der Waals surface area contributed by atoms with Gasteiger partial charge in [-0.25, -0.2) is 12.8 Å². The number of nitriles is 1. The zero-order chi connectivity index (χ0) is 16.1. The summed E-state index contributed by atoms with van der Waals surface area (Å²) >= 11 is 0. The minimum Gasteiger partial charge on any atom is -0.491 e. The molecule has 0 heterocycles. The molecule has 0 aliphatic heterocycles. The topological polar surface area (TPSA) is 67.2 Å². The van der Waals surface area contributed by atoms with Crippen molar-refractivity contribution in [1.29, 1.82) is 5.26 Å². The number of benzene rings is 1. The smallest absolute Gasteiger partial charge is 0.233 e. The fraction of sp³-hybridized carbons (Fsp3) is 0.500. The molecule has 7 heteroatoms. The first-order valence-electron chi connectivity index (χ1n) is 6.50. The van der Waals surface area contributed by atoms with Crippen molar-refractivity contribution in [3.63, 3.8) is 0 Å².